The van der Waals surface area contributed by atoms with Gasteiger partial charge in [-0.25, -0.2) is 9.59 Å². The zero-order valence-electron chi connectivity index (χ0n) is 34.2. The summed E-state index contributed by atoms with van der Waals surface area (Å²) in [6, 6.07) is 21.5. The first kappa shape index (κ1) is 46.4. The second-order valence-electron chi connectivity index (χ2n) is 15.1. The monoisotopic (exact) mass is 827 g/mol. The molecule has 0 saturated carbocycles. The smallest absolute Gasteiger partial charge is 0.407 e. The third kappa shape index (κ3) is 14.8. The number of hydrogen-bond acceptors (Lipinski definition) is 9. The van der Waals surface area contributed by atoms with Crippen LogP contribution in [0.5, 0.6) is 0 Å². The molecule has 0 aliphatic heterocycles. The van der Waals surface area contributed by atoms with Crippen LogP contribution in [-0.4, -0.2) is 97.6 Å². The number of aliphatic carboxylic acids is 1. The SMILES string of the molecule is CC(C)C[C@H](NC(=O)[C@H](Cc1ccccc1)NC(=O)CNC(=O)CNC(=O)CCCNC(=O)OCC1c2ccccc2-c2ccccc21)C(=O)N[C@@H](CCCCN)C(=O)O. The largest absolute Gasteiger partial charge is 0.480 e. The summed E-state index contributed by atoms with van der Waals surface area (Å²) in [5.74, 6) is -4.44. The molecule has 0 spiro atoms. The van der Waals surface area contributed by atoms with Gasteiger partial charge >= 0.3 is 12.1 Å². The lowest BCUT2D eigenvalue weighted by Gasteiger charge is -2.25. The molecule has 1 aliphatic rings. The van der Waals surface area contributed by atoms with Gasteiger partial charge in [0.05, 0.1) is 13.1 Å². The number of unbranched alkanes of at least 4 members (excludes halogenated alkanes) is 1. The van der Waals surface area contributed by atoms with Crippen molar-refractivity contribution in [2.24, 2.45) is 11.7 Å². The fraction of sp³-hybridized carbons (Fsp3) is 0.432. The maximum atomic E-state index is 13.6. The Morgan fingerprint density at radius 1 is 0.667 bits per heavy atom. The van der Waals surface area contributed by atoms with Crippen molar-refractivity contribution >= 4 is 41.6 Å². The Morgan fingerprint density at radius 2 is 1.25 bits per heavy atom. The van der Waals surface area contributed by atoms with Gasteiger partial charge in [0.2, 0.25) is 29.5 Å². The van der Waals surface area contributed by atoms with Crippen LogP contribution in [0.25, 0.3) is 11.1 Å². The summed E-state index contributed by atoms with van der Waals surface area (Å²) < 4.78 is 5.52. The van der Waals surface area contributed by atoms with Crippen LogP contribution in [0, 0.1) is 5.92 Å². The van der Waals surface area contributed by atoms with Crippen molar-refractivity contribution in [3.63, 3.8) is 0 Å². The van der Waals surface area contributed by atoms with Gasteiger partial charge in [0, 0.05) is 25.3 Å². The summed E-state index contributed by atoms with van der Waals surface area (Å²) in [4.78, 5) is 89.1. The van der Waals surface area contributed by atoms with Crippen LogP contribution in [0.1, 0.15) is 75.0 Å². The van der Waals surface area contributed by atoms with Crippen molar-refractivity contribution in [1.29, 1.82) is 0 Å². The molecule has 0 fully saturated rings. The number of alkyl carbamates (subject to hydrolysis) is 1. The Morgan fingerprint density at radius 3 is 1.88 bits per heavy atom. The maximum absolute atomic E-state index is 13.6. The van der Waals surface area contributed by atoms with E-state index in [2.05, 4.69) is 44.0 Å². The van der Waals surface area contributed by atoms with Crippen molar-refractivity contribution in [3.8, 4) is 11.1 Å². The summed E-state index contributed by atoms with van der Waals surface area (Å²) in [5, 5.41) is 25.0. The van der Waals surface area contributed by atoms with Crippen LogP contribution in [0.2, 0.25) is 0 Å². The van der Waals surface area contributed by atoms with Gasteiger partial charge in [-0.15, -0.1) is 0 Å². The van der Waals surface area contributed by atoms with Gasteiger partial charge in [-0.2, -0.15) is 0 Å². The Labute approximate surface area is 350 Å². The molecule has 1 aliphatic carbocycles. The van der Waals surface area contributed by atoms with Gasteiger partial charge in [0.25, 0.3) is 0 Å². The maximum Gasteiger partial charge on any atom is 0.407 e. The van der Waals surface area contributed by atoms with E-state index in [1.807, 2.05) is 50.2 Å². The number of carbonyl (C=O) groups is 7. The highest BCUT2D eigenvalue weighted by Crippen LogP contribution is 2.44. The molecular weight excluding hydrogens is 771 g/mol. The van der Waals surface area contributed by atoms with E-state index in [1.165, 1.54) is 0 Å². The van der Waals surface area contributed by atoms with E-state index in [0.717, 1.165) is 22.3 Å². The normalized spacial score (nSPS) is 13.1. The Balaban J connectivity index is 1.19. The zero-order valence-corrected chi connectivity index (χ0v) is 34.2. The molecule has 3 atom stereocenters. The van der Waals surface area contributed by atoms with Crippen LogP contribution in [0.15, 0.2) is 78.9 Å². The highest BCUT2D eigenvalue weighted by molar-refractivity contribution is 5.94. The molecule has 0 radical (unpaired) electrons. The quantitative estimate of drug-likeness (QED) is 0.0613. The topological polar surface area (TPSA) is 247 Å². The summed E-state index contributed by atoms with van der Waals surface area (Å²) in [5.41, 5.74) is 10.7. The minimum atomic E-state index is -1.20. The minimum absolute atomic E-state index is 0.0226. The van der Waals surface area contributed by atoms with Crippen molar-refractivity contribution in [2.75, 3.05) is 32.8 Å². The molecule has 9 N–H and O–H groups in total. The van der Waals surface area contributed by atoms with Gasteiger partial charge in [0.1, 0.15) is 24.7 Å². The Hall–Kier alpha value is -6.29. The second-order valence-corrected chi connectivity index (χ2v) is 15.1. The molecule has 0 heterocycles. The van der Waals surface area contributed by atoms with Gasteiger partial charge in [-0.1, -0.05) is 92.7 Å². The molecule has 16 heteroatoms. The summed E-state index contributed by atoms with van der Waals surface area (Å²) >= 11 is 0. The summed E-state index contributed by atoms with van der Waals surface area (Å²) in [6.45, 7) is 3.52. The van der Waals surface area contributed by atoms with Crippen molar-refractivity contribution in [3.05, 3.63) is 95.6 Å². The molecule has 322 valence electrons. The van der Waals surface area contributed by atoms with Crippen LogP contribution < -0.4 is 37.6 Å². The average molecular weight is 828 g/mol. The van der Waals surface area contributed by atoms with Crippen molar-refractivity contribution < 1.29 is 43.4 Å². The second kappa shape index (κ2) is 24.0. The Bertz CT molecular complexity index is 1900. The molecule has 0 unspecified atom stereocenters. The predicted molar refractivity (Wildman–Crippen MR) is 224 cm³/mol. The fourth-order valence-electron chi connectivity index (χ4n) is 6.90. The number of ether oxygens (including phenoxy) is 1. The molecule has 16 nitrogen and oxygen atoms in total. The first-order chi connectivity index (χ1) is 28.9. The lowest BCUT2D eigenvalue weighted by Crippen LogP contribution is -2.57. The highest BCUT2D eigenvalue weighted by atomic mass is 16.5. The lowest BCUT2D eigenvalue weighted by atomic mass is 9.98. The number of nitrogens with one attached hydrogen (secondary N) is 6. The molecule has 4 rings (SSSR count). The molecule has 0 saturated heterocycles. The first-order valence-electron chi connectivity index (χ1n) is 20.3. The number of hydrogen-bond donors (Lipinski definition) is 8. The number of amides is 6. The molecular formula is C44H57N7O9. The number of nitrogens with two attached hydrogens (primary N) is 1. The number of rotatable bonds is 24. The summed E-state index contributed by atoms with van der Waals surface area (Å²) in [7, 11) is 0. The summed E-state index contributed by atoms with van der Waals surface area (Å²) in [6.07, 6.45) is 1.24. The van der Waals surface area contributed by atoms with E-state index in [4.69, 9.17) is 10.5 Å². The average Bonchev–Trinajstić information content (AvgIpc) is 3.55. The first-order valence-corrected chi connectivity index (χ1v) is 20.3. The van der Waals surface area contributed by atoms with Crippen LogP contribution in [0.4, 0.5) is 4.79 Å². The van der Waals surface area contributed by atoms with Crippen molar-refractivity contribution in [2.45, 2.75) is 82.8 Å². The third-order valence-electron chi connectivity index (χ3n) is 9.92. The molecule has 6 amide bonds. The molecule has 3 aromatic rings. The highest BCUT2D eigenvalue weighted by Gasteiger charge is 2.31. The predicted octanol–water partition coefficient (Wildman–Crippen LogP) is 2.49. The molecule has 60 heavy (non-hydrogen) atoms. The van der Waals surface area contributed by atoms with Gasteiger partial charge in [-0.3, -0.25) is 24.0 Å². The van der Waals surface area contributed by atoms with E-state index in [-0.39, 0.29) is 50.7 Å². The zero-order chi connectivity index (χ0) is 43.4. The van der Waals surface area contributed by atoms with Gasteiger partial charge < -0.3 is 47.5 Å². The van der Waals surface area contributed by atoms with Crippen LogP contribution >= 0.6 is 0 Å². The lowest BCUT2D eigenvalue weighted by molar-refractivity contribution is -0.142. The third-order valence-corrected chi connectivity index (χ3v) is 9.92. The van der Waals surface area contributed by atoms with Gasteiger partial charge in [0.15, 0.2) is 0 Å². The fourth-order valence-corrected chi connectivity index (χ4v) is 6.90. The molecule has 0 bridgehead atoms. The number of carboxylic acid groups (broad SMARTS) is 1. The number of carbonyl (C=O) groups excluding carboxylic acids is 6. The standard InChI is InChI=1S/C44H57N7O9/c1-28(2)23-36(41(55)50-35(43(57)58)19-10-11-21-45)51-42(56)37(24-29-13-4-3-5-14-29)49-40(54)26-48-39(53)25-47-38(52)20-12-22-46-44(59)60-27-34-32-17-8-6-15-30(32)31-16-7-9-18-33(31)34/h3-9,13-18,28,34-37H,10-12,19-27,45H2,1-2H3,(H,46,59)(H,47,52)(H,48,53)(H,49,54)(H,50,55)(H,51,56)(H,57,58)/t35-,36-,37-/m0/s1. The van der Waals surface area contributed by atoms with Crippen LogP contribution in [0.3, 0.4) is 0 Å². The molecule has 3 aromatic carbocycles. The van der Waals surface area contributed by atoms with E-state index in [9.17, 15) is 38.7 Å². The van der Waals surface area contributed by atoms with E-state index >= 15 is 0 Å². The number of fused-ring (bicyclic) bond motifs is 3. The van der Waals surface area contributed by atoms with Crippen molar-refractivity contribution in [1.82, 2.24) is 31.9 Å². The minimum Gasteiger partial charge on any atom is -0.480 e. The van der Waals surface area contributed by atoms with Crippen LogP contribution in [-0.2, 0) is 39.9 Å². The Kier molecular flexibility index (Phi) is 18.5. The van der Waals surface area contributed by atoms with E-state index in [1.54, 1.807) is 30.3 Å². The van der Waals surface area contributed by atoms with E-state index in [0.29, 0.717) is 31.4 Å². The number of carboxylic acids is 1. The van der Waals surface area contributed by atoms with E-state index < -0.39 is 72.8 Å². The van der Waals surface area contributed by atoms with Gasteiger partial charge in [-0.05, 0) is 72.4 Å². The number of benzene rings is 3. The molecule has 0 aromatic heterocycles.